The standard InChI is InChI=1S/C22H31N3O4/c26-21(14-17-4-2-1-3-5-17)25-12-10-24(11-13-25)9-8-23-22(27)18-6-7-19-20(15-18)29-16-28-19/h6-7,15,17H,1-5,8-14,16H2,(H,23,27). The molecule has 158 valence electrons. The maximum Gasteiger partial charge on any atom is 0.251 e. The Morgan fingerprint density at radius 3 is 2.55 bits per heavy atom. The molecule has 2 heterocycles. The summed E-state index contributed by atoms with van der Waals surface area (Å²) >= 11 is 0. The van der Waals surface area contributed by atoms with Crippen LogP contribution in [0.25, 0.3) is 0 Å². The van der Waals surface area contributed by atoms with Crippen LogP contribution in [-0.2, 0) is 4.79 Å². The average Bonchev–Trinajstić information content (AvgIpc) is 3.23. The van der Waals surface area contributed by atoms with Crippen LogP contribution < -0.4 is 14.8 Å². The molecule has 1 aliphatic carbocycles. The van der Waals surface area contributed by atoms with Gasteiger partial charge in [0.2, 0.25) is 12.7 Å². The fourth-order valence-corrected chi connectivity index (χ4v) is 4.46. The van der Waals surface area contributed by atoms with Crippen LogP contribution in [0.3, 0.4) is 0 Å². The second-order valence-electron chi connectivity index (χ2n) is 8.25. The van der Waals surface area contributed by atoms with Crippen LogP contribution >= 0.6 is 0 Å². The van der Waals surface area contributed by atoms with Gasteiger partial charge in [0.15, 0.2) is 11.5 Å². The highest BCUT2D eigenvalue weighted by Gasteiger charge is 2.24. The molecule has 0 radical (unpaired) electrons. The number of ether oxygens (including phenoxy) is 2. The molecular formula is C22H31N3O4. The smallest absolute Gasteiger partial charge is 0.251 e. The van der Waals surface area contributed by atoms with Gasteiger partial charge in [-0.3, -0.25) is 14.5 Å². The first-order valence-electron chi connectivity index (χ1n) is 10.9. The van der Waals surface area contributed by atoms with Crippen LogP contribution in [0.2, 0.25) is 0 Å². The molecular weight excluding hydrogens is 370 g/mol. The number of fused-ring (bicyclic) bond motifs is 1. The lowest BCUT2D eigenvalue weighted by atomic mass is 9.86. The summed E-state index contributed by atoms with van der Waals surface area (Å²) in [5.41, 5.74) is 0.576. The van der Waals surface area contributed by atoms with E-state index in [0.717, 1.165) is 39.1 Å². The van der Waals surface area contributed by atoms with Crippen LogP contribution in [0.4, 0.5) is 0 Å². The first kappa shape index (κ1) is 20.0. The Labute approximate surface area is 172 Å². The Kier molecular flexibility index (Phi) is 6.54. The molecule has 2 fully saturated rings. The zero-order valence-electron chi connectivity index (χ0n) is 17.0. The van der Waals surface area contributed by atoms with Gasteiger partial charge in [0.25, 0.3) is 5.91 Å². The van der Waals surface area contributed by atoms with E-state index < -0.39 is 0 Å². The summed E-state index contributed by atoms with van der Waals surface area (Å²) in [4.78, 5) is 29.2. The molecule has 3 aliphatic rings. The van der Waals surface area contributed by atoms with E-state index in [2.05, 4.69) is 10.2 Å². The van der Waals surface area contributed by atoms with Gasteiger partial charge in [-0.1, -0.05) is 19.3 Å². The minimum Gasteiger partial charge on any atom is -0.454 e. The van der Waals surface area contributed by atoms with E-state index in [0.29, 0.717) is 35.4 Å². The highest BCUT2D eigenvalue weighted by atomic mass is 16.7. The van der Waals surface area contributed by atoms with Crippen molar-refractivity contribution in [1.82, 2.24) is 15.1 Å². The summed E-state index contributed by atoms with van der Waals surface area (Å²) in [6.45, 7) is 4.91. The summed E-state index contributed by atoms with van der Waals surface area (Å²) in [5.74, 6) is 2.11. The Hall–Kier alpha value is -2.28. The second kappa shape index (κ2) is 9.48. The van der Waals surface area contributed by atoms with Gasteiger partial charge >= 0.3 is 0 Å². The molecule has 0 aromatic heterocycles. The molecule has 2 aliphatic heterocycles. The molecule has 1 saturated carbocycles. The quantitative estimate of drug-likeness (QED) is 0.792. The molecule has 2 amide bonds. The topological polar surface area (TPSA) is 71.1 Å². The summed E-state index contributed by atoms with van der Waals surface area (Å²) < 4.78 is 10.6. The SMILES string of the molecule is O=C(NCCN1CCN(C(=O)CC2CCCCC2)CC1)c1ccc2c(c1)OCO2. The Balaban J connectivity index is 1.14. The summed E-state index contributed by atoms with van der Waals surface area (Å²) in [7, 11) is 0. The van der Waals surface area contributed by atoms with Gasteiger partial charge in [0, 0.05) is 51.3 Å². The first-order chi connectivity index (χ1) is 14.2. The van der Waals surface area contributed by atoms with Crippen molar-refractivity contribution in [3.05, 3.63) is 23.8 Å². The van der Waals surface area contributed by atoms with Crippen molar-refractivity contribution in [2.75, 3.05) is 46.1 Å². The van der Waals surface area contributed by atoms with Crippen molar-refractivity contribution >= 4 is 11.8 Å². The third kappa shape index (κ3) is 5.21. The molecule has 0 spiro atoms. The molecule has 1 aromatic rings. The molecule has 1 aromatic carbocycles. The second-order valence-corrected chi connectivity index (χ2v) is 8.25. The highest BCUT2D eigenvalue weighted by molar-refractivity contribution is 5.94. The minimum atomic E-state index is -0.107. The zero-order valence-corrected chi connectivity index (χ0v) is 17.0. The molecule has 1 N–H and O–H groups in total. The van der Waals surface area contributed by atoms with Crippen LogP contribution in [0.15, 0.2) is 18.2 Å². The van der Waals surface area contributed by atoms with E-state index in [-0.39, 0.29) is 12.7 Å². The fraction of sp³-hybridized carbons (Fsp3) is 0.636. The third-order valence-electron chi connectivity index (χ3n) is 6.26. The van der Waals surface area contributed by atoms with Crippen molar-refractivity contribution in [3.8, 4) is 11.5 Å². The van der Waals surface area contributed by atoms with E-state index in [9.17, 15) is 9.59 Å². The maximum absolute atomic E-state index is 12.5. The van der Waals surface area contributed by atoms with E-state index >= 15 is 0 Å². The van der Waals surface area contributed by atoms with Gasteiger partial charge in [-0.15, -0.1) is 0 Å². The number of carbonyl (C=O) groups excluding carboxylic acids is 2. The Morgan fingerprint density at radius 1 is 1.00 bits per heavy atom. The van der Waals surface area contributed by atoms with E-state index in [1.165, 1.54) is 32.1 Å². The van der Waals surface area contributed by atoms with Crippen molar-refractivity contribution in [1.29, 1.82) is 0 Å². The van der Waals surface area contributed by atoms with Gasteiger partial charge in [-0.05, 0) is 37.0 Å². The van der Waals surface area contributed by atoms with Gasteiger partial charge < -0.3 is 19.7 Å². The predicted octanol–water partition coefficient (Wildman–Crippen LogP) is 2.26. The zero-order chi connectivity index (χ0) is 20.1. The van der Waals surface area contributed by atoms with E-state index in [1.807, 2.05) is 4.90 Å². The van der Waals surface area contributed by atoms with Crippen molar-refractivity contribution < 1.29 is 19.1 Å². The Morgan fingerprint density at radius 2 is 1.76 bits per heavy atom. The lowest BCUT2D eigenvalue weighted by Crippen LogP contribution is -2.50. The lowest BCUT2D eigenvalue weighted by molar-refractivity contribution is -0.134. The van der Waals surface area contributed by atoms with Gasteiger partial charge in [0.05, 0.1) is 0 Å². The predicted molar refractivity (Wildman–Crippen MR) is 109 cm³/mol. The highest BCUT2D eigenvalue weighted by Crippen LogP contribution is 2.32. The van der Waals surface area contributed by atoms with Crippen molar-refractivity contribution in [2.24, 2.45) is 5.92 Å². The molecule has 29 heavy (non-hydrogen) atoms. The number of nitrogens with zero attached hydrogens (tertiary/aromatic N) is 2. The number of amides is 2. The van der Waals surface area contributed by atoms with Gasteiger partial charge in [0.1, 0.15) is 0 Å². The molecule has 7 nitrogen and oxygen atoms in total. The lowest BCUT2D eigenvalue weighted by Gasteiger charge is -2.35. The number of nitrogens with one attached hydrogen (secondary N) is 1. The number of hydrogen-bond acceptors (Lipinski definition) is 5. The van der Waals surface area contributed by atoms with Crippen LogP contribution in [0, 0.1) is 5.92 Å². The molecule has 4 rings (SSSR count). The maximum atomic E-state index is 12.5. The summed E-state index contributed by atoms with van der Waals surface area (Å²) in [6.07, 6.45) is 7.05. The molecule has 0 unspecified atom stereocenters. The summed E-state index contributed by atoms with van der Waals surface area (Å²) in [5, 5.41) is 2.97. The Bertz CT molecular complexity index is 725. The van der Waals surface area contributed by atoms with Crippen LogP contribution in [-0.4, -0.2) is 67.7 Å². The fourth-order valence-electron chi connectivity index (χ4n) is 4.46. The largest absolute Gasteiger partial charge is 0.454 e. The number of carbonyl (C=O) groups is 2. The van der Waals surface area contributed by atoms with Crippen LogP contribution in [0.1, 0.15) is 48.9 Å². The van der Waals surface area contributed by atoms with E-state index in [4.69, 9.17) is 9.47 Å². The number of benzene rings is 1. The normalized spacial score (nSPS) is 19.9. The average molecular weight is 402 g/mol. The third-order valence-corrected chi connectivity index (χ3v) is 6.26. The van der Waals surface area contributed by atoms with Gasteiger partial charge in [-0.25, -0.2) is 0 Å². The van der Waals surface area contributed by atoms with Crippen molar-refractivity contribution in [3.63, 3.8) is 0 Å². The first-order valence-corrected chi connectivity index (χ1v) is 10.9. The van der Waals surface area contributed by atoms with Crippen LogP contribution in [0.5, 0.6) is 11.5 Å². The van der Waals surface area contributed by atoms with E-state index in [1.54, 1.807) is 18.2 Å². The minimum absolute atomic E-state index is 0.107. The molecule has 7 heteroatoms. The molecule has 0 atom stereocenters. The number of piperazine rings is 1. The molecule has 0 bridgehead atoms. The molecule has 1 saturated heterocycles. The monoisotopic (exact) mass is 401 g/mol. The number of hydrogen-bond donors (Lipinski definition) is 1. The number of rotatable bonds is 6. The summed E-state index contributed by atoms with van der Waals surface area (Å²) in [6, 6.07) is 5.23. The van der Waals surface area contributed by atoms with Gasteiger partial charge in [-0.2, -0.15) is 0 Å². The van der Waals surface area contributed by atoms with Crippen molar-refractivity contribution in [2.45, 2.75) is 38.5 Å².